The molecule has 28 heavy (non-hydrogen) atoms. The van der Waals surface area contributed by atoms with E-state index >= 15 is 0 Å². The molecule has 6 heteroatoms. The van der Waals surface area contributed by atoms with Crippen LogP contribution in [0.2, 0.25) is 0 Å². The maximum Gasteiger partial charge on any atom is 0.254 e. The first-order chi connectivity index (χ1) is 13.5. The molecule has 0 aromatic heterocycles. The van der Waals surface area contributed by atoms with Crippen molar-refractivity contribution in [3.05, 3.63) is 77.4 Å². The Morgan fingerprint density at radius 3 is 2.50 bits per heavy atom. The van der Waals surface area contributed by atoms with Gasteiger partial charge in [-0.2, -0.15) is 0 Å². The minimum atomic E-state index is -0.411. The summed E-state index contributed by atoms with van der Waals surface area (Å²) in [6.45, 7) is 1.38. The summed E-state index contributed by atoms with van der Waals surface area (Å²) in [6, 6.07) is 18.6. The van der Waals surface area contributed by atoms with Crippen LogP contribution in [-0.4, -0.2) is 23.5 Å². The van der Waals surface area contributed by atoms with Gasteiger partial charge in [0, 0.05) is 0 Å². The lowest BCUT2D eigenvalue weighted by molar-refractivity contribution is -0.114. The monoisotopic (exact) mass is 377 g/mol. The number of benzene rings is 3. The Balaban J connectivity index is 1.93. The molecule has 6 nitrogen and oxygen atoms in total. The normalized spacial score (nSPS) is 11.8. The lowest BCUT2D eigenvalue weighted by Gasteiger charge is -2.19. The highest BCUT2D eigenvalue weighted by Gasteiger charge is 2.20. The molecule has 3 rings (SSSR count). The minimum absolute atomic E-state index is 0.198. The van der Waals surface area contributed by atoms with Gasteiger partial charge in [-0.05, 0) is 34.9 Å². The van der Waals surface area contributed by atoms with Crippen LogP contribution in [0, 0.1) is 0 Å². The van der Waals surface area contributed by atoms with Crippen LogP contribution >= 0.6 is 0 Å². The van der Waals surface area contributed by atoms with Crippen molar-refractivity contribution in [3.63, 3.8) is 0 Å². The van der Waals surface area contributed by atoms with Gasteiger partial charge < -0.3 is 21.5 Å². The van der Waals surface area contributed by atoms with Crippen molar-refractivity contribution >= 4 is 28.3 Å². The molecular weight excluding hydrogens is 354 g/mol. The van der Waals surface area contributed by atoms with E-state index in [0.717, 1.165) is 16.3 Å². The number of fused-ring (bicyclic) bond motifs is 1. The second kappa shape index (κ2) is 8.65. The van der Waals surface area contributed by atoms with Gasteiger partial charge in [0.2, 0.25) is 5.91 Å². The fourth-order valence-electron chi connectivity index (χ4n) is 3.28. The maximum atomic E-state index is 13.0. The van der Waals surface area contributed by atoms with E-state index in [1.165, 1.54) is 0 Å². The molecule has 2 amide bonds. The van der Waals surface area contributed by atoms with Gasteiger partial charge in [-0.25, -0.2) is 0 Å². The zero-order valence-electron chi connectivity index (χ0n) is 15.6. The quantitative estimate of drug-likeness (QED) is 0.530. The number of nitrogens with one attached hydrogen (secondary N) is 2. The number of anilines is 1. The molecule has 1 atom stereocenters. The van der Waals surface area contributed by atoms with E-state index in [0.29, 0.717) is 11.3 Å². The molecule has 5 N–H and O–H groups in total. The minimum Gasteiger partial charge on any atom is -0.392 e. The van der Waals surface area contributed by atoms with Crippen molar-refractivity contribution in [2.45, 2.75) is 19.6 Å². The first kappa shape index (κ1) is 19.5. The predicted molar refractivity (Wildman–Crippen MR) is 110 cm³/mol. The Morgan fingerprint density at radius 2 is 1.75 bits per heavy atom. The molecule has 0 saturated heterocycles. The number of aliphatic hydroxyl groups excluding tert-OH is 1. The van der Waals surface area contributed by atoms with E-state index in [4.69, 9.17) is 5.73 Å². The largest absolute Gasteiger partial charge is 0.392 e. The third kappa shape index (κ3) is 4.03. The van der Waals surface area contributed by atoms with Crippen molar-refractivity contribution in [1.29, 1.82) is 0 Å². The number of aliphatic hydroxyl groups is 1. The van der Waals surface area contributed by atoms with Gasteiger partial charge in [-0.1, -0.05) is 54.6 Å². The van der Waals surface area contributed by atoms with Crippen molar-refractivity contribution in [2.24, 2.45) is 5.73 Å². The molecule has 3 aromatic carbocycles. The fraction of sp³-hybridized carbons (Fsp3) is 0.182. The number of hydrogen-bond donors (Lipinski definition) is 4. The van der Waals surface area contributed by atoms with Crippen LogP contribution in [0.15, 0.2) is 60.7 Å². The van der Waals surface area contributed by atoms with Gasteiger partial charge in [0.05, 0.1) is 30.4 Å². The van der Waals surface area contributed by atoms with Gasteiger partial charge in [0.1, 0.15) is 0 Å². The molecule has 0 bridgehead atoms. The Bertz CT molecular complexity index is 1010. The summed E-state index contributed by atoms with van der Waals surface area (Å²) < 4.78 is 0. The predicted octanol–water partition coefficient (Wildman–Crippen LogP) is 2.72. The molecular formula is C22H23N3O3. The van der Waals surface area contributed by atoms with Crippen LogP contribution in [0.5, 0.6) is 0 Å². The van der Waals surface area contributed by atoms with Crippen LogP contribution in [0.4, 0.5) is 5.69 Å². The molecule has 0 aliphatic heterocycles. The third-order valence-corrected chi connectivity index (χ3v) is 4.65. The standard InChI is InChI=1S/C22H23N3O3/c1-14(17-10-4-7-15-6-2-3-9-18(15)17)24-22(28)21-16(13-26)8-5-11-19(21)25-20(27)12-23/h2-11,14,26H,12-13,23H2,1H3,(H,24,28)(H,25,27)/t14-/m1/s1. The second-order valence-electron chi connectivity index (χ2n) is 6.51. The SMILES string of the molecule is C[C@@H](NC(=O)c1c(CO)cccc1NC(=O)CN)c1cccc2ccccc12. The number of hydrogen-bond acceptors (Lipinski definition) is 4. The number of amides is 2. The van der Waals surface area contributed by atoms with Crippen LogP contribution in [0.1, 0.15) is 34.5 Å². The summed E-state index contributed by atoms with van der Waals surface area (Å²) in [6.07, 6.45) is 0. The Hall–Kier alpha value is -3.22. The van der Waals surface area contributed by atoms with E-state index in [1.807, 2.05) is 49.4 Å². The smallest absolute Gasteiger partial charge is 0.254 e. The highest BCUT2D eigenvalue weighted by atomic mass is 16.3. The Labute approximate surface area is 163 Å². The molecule has 0 aliphatic rings. The number of carbonyl (C=O) groups is 2. The Morgan fingerprint density at radius 1 is 1.04 bits per heavy atom. The van der Waals surface area contributed by atoms with Crippen molar-refractivity contribution in [3.8, 4) is 0 Å². The van der Waals surface area contributed by atoms with Crippen molar-refractivity contribution in [1.82, 2.24) is 5.32 Å². The van der Waals surface area contributed by atoms with Gasteiger partial charge >= 0.3 is 0 Å². The number of carbonyl (C=O) groups excluding carboxylic acids is 2. The van der Waals surface area contributed by atoms with Crippen LogP contribution in [0.3, 0.4) is 0 Å². The molecule has 0 aliphatic carbocycles. The topological polar surface area (TPSA) is 104 Å². The summed E-state index contributed by atoms with van der Waals surface area (Å²) in [7, 11) is 0. The molecule has 0 fully saturated rings. The summed E-state index contributed by atoms with van der Waals surface area (Å²) in [4.78, 5) is 24.7. The van der Waals surface area contributed by atoms with Gasteiger partial charge in [0.15, 0.2) is 0 Å². The number of rotatable bonds is 6. The highest BCUT2D eigenvalue weighted by molar-refractivity contribution is 6.05. The molecule has 144 valence electrons. The lowest BCUT2D eigenvalue weighted by Crippen LogP contribution is -2.30. The van der Waals surface area contributed by atoms with E-state index in [1.54, 1.807) is 18.2 Å². The fourth-order valence-corrected chi connectivity index (χ4v) is 3.28. The average molecular weight is 377 g/mol. The van der Waals surface area contributed by atoms with E-state index in [-0.39, 0.29) is 30.7 Å². The van der Waals surface area contributed by atoms with Gasteiger partial charge in [-0.3, -0.25) is 9.59 Å². The van der Waals surface area contributed by atoms with Crippen LogP contribution < -0.4 is 16.4 Å². The molecule has 0 saturated carbocycles. The third-order valence-electron chi connectivity index (χ3n) is 4.65. The molecule has 3 aromatic rings. The van der Waals surface area contributed by atoms with E-state index < -0.39 is 5.91 Å². The maximum absolute atomic E-state index is 13.0. The lowest BCUT2D eigenvalue weighted by atomic mass is 9.98. The molecule has 0 spiro atoms. The first-order valence-corrected chi connectivity index (χ1v) is 9.06. The molecule has 0 unspecified atom stereocenters. The molecule has 0 radical (unpaired) electrons. The summed E-state index contributed by atoms with van der Waals surface area (Å²) in [5, 5.41) is 17.4. The first-order valence-electron chi connectivity index (χ1n) is 9.06. The van der Waals surface area contributed by atoms with Crippen molar-refractivity contribution in [2.75, 3.05) is 11.9 Å². The summed E-state index contributed by atoms with van der Waals surface area (Å²) in [5.74, 6) is -0.788. The second-order valence-corrected chi connectivity index (χ2v) is 6.51. The number of nitrogens with two attached hydrogens (primary N) is 1. The summed E-state index contributed by atoms with van der Waals surface area (Å²) in [5.41, 5.74) is 7.34. The van der Waals surface area contributed by atoms with Crippen molar-refractivity contribution < 1.29 is 14.7 Å². The zero-order valence-corrected chi connectivity index (χ0v) is 15.6. The van der Waals surface area contributed by atoms with Crippen LogP contribution in [-0.2, 0) is 11.4 Å². The summed E-state index contributed by atoms with van der Waals surface area (Å²) >= 11 is 0. The van der Waals surface area contributed by atoms with Gasteiger partial charge in [0.25, 0.3) is 5.91 Å². The average Bonchev–Trinajstić information content (AvgIpc) is 2.72. The van der Waals surface area contributed by atoms with E-state index in [2.05, 4.69) is 10.6 Å². The van der Waals surface area contributed by atoms with E-state index in [9.17, 15) is 14.7 Å². The van der Waals surface area contributed by atoms with Gasteiger partial charge in [-0.15, -0.1) is 0 Å². The zero-order chi connectivity index (χ0) is 20.1. The Kier molecular flexibility index (Phi) is 6.03. The van der Waals surface area contributed by atoms with Crippen LogP contribution in [0.25, 0.3) is 10.8 Å². The molecule has 0 heterocycles. The highest BCUT2D eigenvalue weighted by Crippen LogP contribution is 2.26.